The van der Waals surface area contributed by atoms with E-state index in [1.807, 2.05) is 0 Å². The van der Waals surface area contributed by atoms with E-state index >= 15 is 0 Å². The fraction of sp³-hybridized carbons (Fsp3) is 0.214. The van der Waals surface area contributed by atoms with Crippen LogP contribution in [0.4, 0.5) is 10.2 Å². The molecular weight excluding hydrogens is 305 g/mol. The van der Waals surface area contributed by atoms with Crippen LogP contribution in [0.1, 0.15) is 17.7 Å². The summed E-state index contributed by atoms with van der Waals surface area (Å²) in [7, 11) is 0. The van der Waals surface area contributed by atoms with Crippen molar-refractivity contribution in [2.45, 2.75) is 19.9 Å². The molecule has 0 atom stereocenters. The number of amides is 1. The molecule has 9 heteroatoms. The molecule has 0 spiro atoms. The largest absolute Gasteiger partial charge is 0.390 e. The SMILES string of the molecule is Cc1cc([N+](=O)[O-])nn1CCC(=O)N/N=C/c1ccc(F)cc1. The molecule has 1 aromatic heterocycles. The summed E-state index contributed by atoms with van der Waals surface area (Å²) in [6.45, 7) is 1.88. The Kier molecular flexibility index (Phi) is 5.13. The van der Waals surface area contributed by atoms with Gasteiger partial charge in [-0.3, -0.25) is 4.79 Å². The quantitative estimate of drug-likeness (QED) is 0.498. The summed E-state index contributed by atoms with van der Waals surface area (Å²) in [4.78, 5) is 21.7. The molecule has 0 bridgehead atoms. The van der Waals surface area contributed by atoms with Gasteiger partial charge in [-0.25, -0.2) is 9.82 Å². The number of nitrogens with one attached hydrogen (secondary N) is 1. The second-order valence-corrected chi connectivity index (χ2v) is 4.72. The summed E-state index contributed by atoms with van der Waals surface area (Å²) in [5, 5.41) is 18.1. The van der Waals surface area contributed by atoms with Gasteiger partial charge in [-0.15, -0.1) is 0 Å². The molecule has 1 heterocycles. The van der Waals surface area contributed by atoms with Crippen LogP contribution in [0.25, 0.3) is 0 Å². The first-order valence-corrected chi connectivity index (χ1v) is 6.72. The molecule has 8 nitrogen and oxygen atoms in total. The normalized spacial score (nSPS) is 10.9. The Morgan fingerprint density at radius 2 is 2.17 bits per heavy atom. The van der Waals surface area contributed by atoms with Gasteiger partial charge in [0.2, 0.25) is 5.91 Å². The fourth-order valence-electron chi connectivity index (χ4n) is 1.80. The molecule has 0 unspecified atom stereocenters. The molecule has 0 saturated carbocycles. The number of hydrazone groups is 1. The molecule has 1 amide bonds. The summed E-state index contributed by atoms with van der Waals surface area (Å²) in [6.07, 6.45) is 1.46. The number of benzene rings is 1. The van der Waals surface area contributed by atoms with Crippen molar-refractivity contribution in [2.75, 3.05) is 0 Å². The van der Waals surface area contributed by atoms with Crippen molar-refractivity contribution >= 4 is 17.9 Å². The summed E-state index contributed by atoms with van der Waals surface area (Å²) in [6, 6.07) is 6.96. The maximum atomic E-state index is 12.7. The molecule has 0 aliphatic heterocycles. The average molecular weight is 319 g/mol. The van der Waals surface area contributed by atoms with Gasteiger partial charge in [0.05, 0.1) is 29.6 Å². The van der Waals surface area contributed by atoms with Crippen molar-refractivity contribution in [2.24, 2.45) is 5.10 Å². The third kappa shape index (κ3) is 4.70. The van der Waals surface area contributed by atoms with Gasteiger partial charge in [-0.05, 0) is 29.5 Å². The Morgan fingerprint density at radius 3 is 2.78 bits per heavy atom. The van der Waals surface area contributed by atoms with Gasteiger partial charge in [-0.2, -0.15) is 9.78 Å². The third-order valence-corrected chi connectivity index (χ3v) is 2.98. The molecule has 0 radical (unpaired) electrons. The summed E-state index contributed by atoms with van der Waals surface area (Å²) < 4.78 is 14.1. The minimum absolute atomic E-state index is 0.0699. The Bertz CT molecular complexity index is 739. The number of aromatic nitrogens is 2. The third-order valence-electron chi connectivity index (χ3n) is 2.98. The zero-order valence-corrected chi connectivity index (χ0v) is 12.3. The van der Waals surface area contributed by atoms with Crippen LogP contribution in [0.3, 0.4) is 0 Å². The van der Waals surface area contributed by atoms with Crippen LogP contribution in [0.5, 0.6) is 0 Å². The Hall–Kier alpha value is -3.10. The van der Waals surface area contributed by atoms with Crippen molar-refractivity contribution in [3.8, 4) is 0 Å². The van der Waals surface area contributed by atoms with Gasteiger partial charge in [0.1, 0.15) is 5.82 Å². The van der Waals surface area contributed by atoms with E-state index in [-0.39, 0.29) is 30.5 Å². The van der Waals surface area contributed by atoms with Gasteiger partial charge in [-0.1, -0.05) is 12.1 Å². The lowest BCUT2D eigenvalue weighted by molar-refractivity contribution is -0.389. The maximum Gasteiger partial charge on any atom is 0.390 e. The van der Waals surface area contributed by atoms with E-state index < -0.39 is 4.92 Å². The average Bonchev–Trinajstić information content (AvgIpc) is 2.89. The summed E-state index contributed by atoms with van der Waals surface area (Å²) in [5.74, 6) is -0.965. The Labute approximate surface area is 130 Å². The minimum atomic E-state index is -0.587. The molecule has 1 N–H and O–H groups in total. The van der Waals surface area contributed by atoms with Crippen molar-refractivity contribution in [1.82, 2.24) is 15.2 Å². The van der Waals surface area contributed by atoms with Crippen LogP contribution < -0.4 is 5.43 Å². The molecule has 2 rings (SSSR count). The topological polar surface area (TPSA) is 102 Å². The predicted octanol–water partition coefficient (Wildman–Crippen LogP) is 1.78. The molecule has 0 fully saturated rings. The van der Waals surface area contributed by atoms with Crippen LogP contribution >= 0.6 is 0 Å². The number of halogens is 1. The molecule has 0 aliphatic carbocycles. The summed E-state index contributed by atoms with van der Waals surface area (Å²) in [5.41, 5.74) is 3.57. The highest BCUT2D eigenvalue weighted by Gasteiger charge is 2.15. The first kappa shape index (κ1) is 16.3. The standard InChI is InChI=1S/C14H14FN5O3/c1-10-8-13(20(22)23)18-19(10)7-6-14(21)17-16-9-11-2-4-12(15)5-3-11/h2-5,8-9H,6-7H2,1H3,(H,17,21)/b16-9+. The number of hydrogen-bond donors (Lipinski definition) is 1. The van der Waals surface area contributed by atoms with E-state index in [1.165, 1.54) is 41.2 Å². The highest BCUT2D eigenvalue weighted by Crippen LogP contribution is 2.11. The van der Waals surface area contributed by atoms with E-state index in [0.717, 1.165) is 0 Å². The number of rotatable bonds is 6. The van der Waals surface area contributed by atoms with Crippen LogP contribution in [0, 0.1) is 22.9 Å². The van der Waals surface area contributed by atoms with Gasteiger partial charge in [0.25, 0.3) is 0 Å². The molecule has 120 valence electrons. The lowest BCUT2D eigenvalue weighted by Gasteiger charge is -2.00. The minimum Gasteiger partial charge on any atom is -0.358 e. The molecule has 23 heavy (non-hydrogen) atoms. The zero-order chi connectivity index (χ0) is 16.8. The molecular formula is C14H14FN5O3. The van der Waals surface area contributed by atoms with Gasteiger partial charge < -0.3 is 10.1 Å². The van der Waals surface area contributed by atoms with E-state index in [1.54, 1.807) is 6.92 Å². The van der Waals surface area contributed by atoms with E-state index in [4.69, 9.17) is 0 Å². The number of nitro groups is 1. The van der Waals surface area contributed by atoms with Crippen molar-refractivity contribution < 1.29 is 14.1 Å². The molecule has 0 aliphatic rings. The van der Waals surface area contributed by atoms with E-state index in [9.17, 15) is 19.3 Å². The maximum absolute atomic E-state index is 12.7. The lowest BCUT2D eigenvalue weighted by atomic mass is 10.2. The van der Waals surface area contributed by atoms with Crippen LogP contribution in [-0.4, -0.2) is 26.8 Å². The molecule has 2 aromatic rings. The van der Waals surface area contributed by atoms with Crippen LogP contribution in [0.2, 0.25) is 0 Å². The Balaban J connectivity index is 1.83. The summed E-state index contributed by atoms with van der Waals surface area (Å²) >= 11 is 0. The van der Waals surface area contributed by atoms with Gasteiger partial charge in [0, 0.05) is 6.42 Å². The van der Waals surface area contributed by atoms with Crippen molar-refractivity contribution in [3.05, 3.63) is 57.5 Å². The second-order valence-electron chi connectivity index (χ2n) is 4.72. The first-order chi connectivity index (χ1) is 11.0. The predicted molar refractivity (Wildman–Crippen MR) is 80.4 cm³/mol. The second kappa shape index (κ2) is 7.25. The highest BCUT2D eigenvalue weighted by atomic mass is 19.1. The zero-order valence-electron chi connectivity index (χ0n) is 12.3. The first-order valence-electron chi connectivity index (χ1n) is 6.72. The van der Waals surface area contributed by atoms with Crippen molar-refractivity contribution in [3.63, 3.8) is 0 Å². The molecule has 1 aromatic carbocycles. The van der Waals surface area contributed by atoms with Crippen LogP contribution in [0.15, 0.2) is 35.4 Å². The van der Waals surface area contributed by atoms with E-state index in [0.29, 0.717) is 11.3 Å². The lowest BCUT2D eigenvalue weighted by Crippen LogP contribution is -2.20. The monoisotopic (exact) mass is 319 g/mol. The van der Waals surface area contributed by atoms with Gasteiger partial charge in [0.15, 0.2) is 0 Å². The highest BCUT2D eigenvalue weighted by molar-refractivity contribution is 5.82. The number of carbonyl (C=O) groups excluding carboxylic acids is 1. The number of carbonyl (C=O) groups is 1. The van der Waals surface area contributed by atoms with Crippen molar-refractivity contribution in [1.29, 1.82) is 0 Å². The molecule has 0 saturated heterocycles. The smallest absolute Gasteiger partial charge is 0.358 e. The number of aryl methyl sites for hydroxylation is 2. The van der Waals surface area contributed by atoms with Gasteiger partial charge >= 0.3 is 5.82 Å². The number of nitrogens with zero attached hydrogens (tertiary/aromatic N) is 4. The van der Waals surface area contributed by atoms with E-state index in [2.05, 4.69) is 15.6 Å². The number of hydrogen-bond acceptors (Lipinski definition) is 5. The van der Waals surface area contributed by atoms with Crippen LogP contribution in [-0.2, 0) is 11.3 Å². The fourth-order valence-corrected chi connectivity index (χ4v) is 1.80. The Morgan fingerprint density at radius 1 is 1.48 bits per heavy atom.